The molecule has 150 valence electrons. The molecule has 1 amide bonds. The maximum Gasteiger partial charge on any atom is 0.227 e. The molecule has 1 aromatic carbocycles. The van der Waals surface area contributed by atoms with Crippen molar-refractivity contribution in [3.63, 3.8) is 0 Å². The number of hydrogen-bond acceptors (Lipinski definition) is 6. The van der Waals surface area contributed by atoms with Gasteiger partial charge in [-0.1, -0.05) is 0 Å². The molecule has 0 radical (unpaired) electrons. The van der Waals surface area contributed by atoms with Gasteiger partial charge in [-0.2, -0.15) is 5.10 Å². The lowest BCUT2D eigenvalue weighted by atomic mass is 9.77. The number of likely N-dealkylation sites (tertiary alicyclic amines) is 1. The molecular formula is C20H26N4O4. The first kappa shape index (κ1) is 18.7. The fourth-order valence-corrected chi connectivity index (χ4v) is 4.58. The Morgan fingerprint density at radius 1 is 1.21 bits per heavy atom. The van der Waals surface area contributed by atoms with Gasteiger partial charge in [-0.15, -0.1) is 0 Å². The average Bonchev–Trinajstić information content (AvgIpc) is 3.36. The predicted octanol–water partition coefficient (Wildman–Crippen LogP) is 1.31. The van der Waals surface area contributed by atoms with Crippen LogP contribution in [0.3, 0.4) is 0 Å². The molecule has 28 heavy (non-hydrogen) atoms. The summed E-state index contributed by atoms with van der Waals surface area (Å²) in [6.45, 7) is 1.41. The van der Waals surface area contributed by atoms with Crippen LogP contribution in [-0.4, -0.2) is 64.1 Å². The number of methoxy groups -OCH3 is 2. The first-order valence-corrected chi connectivity index (χ1v) is 9.60. The Kier molecular flexibility index (Phi) is 5.21. The van der Waals surface area contributed by atoms with E-state index < -0.39 is 6.10 Å². The highest BCUT2D eigenvalue weighted by atomic mass is 16.5. The van der Waals surface area contributed by atoms with Gasteiger partial charge < -0.3 is 19.5 Å². The fraction of sp³-hybridized carbons (Fsp3) is 0.550. The van der Waals surface area contributed by atoms with E-state index in [-0.39, 0.29) is 18.4 Å². The second kappa shape index (κ2) is 7.79. The topological polar surface area (TPSA) is 89.7 Å². The van der Waals surface area contributed by atoms with E-state index in [0.717, 1.165) is 12.0 Å². The molecule has 2 heterocycles. The van der Waals surface area contributed by atoms with E-state index in [0.29, 0.717) is 42.8 Å². The Morgan fingerprint density at radius 3 is 2.68 bits per heavy atom. The standard InChI is InChI=1S/C20H26N4O4/c1-27-16-3-4-19(28-2)13(5-16)8-20(26)23-9-14-6-17(24-12-21-11-22-24)18(25)7-15(14)10-23/h3-5,11-12,14-15,17-18,25H,6-10H2,1-2H3/t14-,15+,17-,18-/m1/s1. The zero-order chi connectivity index (χ0) is 19.7. The second-order valence-electron chi connectivity index (χ2n) is 7.66. The molecule has 0 spiro atoms. The first-order valence-electron chi connectivity index (χ1n) is 9.60. The molecule has 8 nitrogen and oxygen atoms in total. The molecule has 1 aliphatic carbocycles. The molecule has 4 atom stereocenters. The number of nitrogens with zero attached hydrogens (tertiary/aromatic N) is 4. The molecule has 0 bridgehead atoms. The van der Waals surface area contributed by atoms with E-state index in [1.54, 1.807) is 25.2 Å². The number of amides is 1. The molecule has 1 N–H and O–H groups in total. The lowest BCUT2D eigenvalue weighted by Gasteiger charge is -2.34. The Morgan fingerprint density at radius 2 is 2.00 bits per heavy atom. The fourth-order valence-electron chi connectivity index (χ4n) is 4.58. The van der Waals surface area contributed by atoms with Crippen molar-refractivity contribution in [3.8, 4) is 11.5 Å². The number of carbonyl (C=O) groups is 1. The highest BCUT2D eigenvalue weighted by Gasteiger charge is 2.43. The average molecular weight is 386 g/mol. The summed E-state index contributed by atoms with van der Waals surface area (Å²) in [5.74, 6) is 2.16. The summed E-state index contributed by atoms with van der Waals surface area (Å²) >= 11 is 0. The third-order valence-corrected chi connectivity index (χ3v) is 6.07. The third kappa shape index (κ3) is 3.56. The van der Waals surface area contributed by atoms with Gasteiger partial charge >= 0.3 is 0 Å². The van der Waals surface area contributed by atoms with E-state index >= 15 is 0 Å². The van der Waals surface area contributed by atoms with Crippen LogP contribution in [0.4, 0.5) is 0 Å². The van der Waals surface area contributed by atoms with Crippen molar-refractivity contribution in [2.45, 2.75) is 31.4 Å². The van der Waals surface area contributed by atoms with E-state index in [2.05, 4.69) is 10.1 Å². The number of carbonyl (C=O) groups excluding carboxylic acids is 1. The summed E-state index contributed by atoms with van der Waals surface area (Å²) in [5, 5.41) is 14.7. The number of aromatic nitrogens is 3. The van der Waals surface area contributed by atoms with Crippen LogP contribution in [0.15, 0.2) is 30.9 Å². The van der Waals surface area contributed by atoms with Crippen LogP contribution in [0.1, 0.15) is 24.4 Å². The number of hydrogen-bond donors (Lipinski definition) is 1. The minimum atomic E-state index is -0.462. The van der Waals surface area contributed by atoms with Gasteiger partial charge in [0.2, 0.25) is 5.91 Å². The molecular weight excluding hydrogens is 360 g/mol. The van der Waals surface area contributed by atoms with Crippen molar-refractivity contribution in [2.75, 3.05) is 27.3 Å². The van der Waals surface area contributed by atoms with Crippen molar-refractivity contribution in [3.05, 3.63) is 36.4 Å². The summed E-state index contributed by atoms with van der Waals surface area (Å²) in [6.07, 6.45) is 4.44. The maximum absolute atomic E-state index is 13.0. The minimum absolute atomic E-state index is 0.0720. The molecule has 2 aliphatic rings. The SMILES string of the molecule is COc1ccc(OC)c(CC(=O)N2C[C@H]3C[C@@H](n4cncn4)[C@H](O)C[C@H]3C2)c1. The van der Waals surface area contributed by atoms with Crippen LogP contribution in [0.5, 0.6) is 11.5 Å². The minimum Gasteiger partial charge on any atom is -0.497 e. The lowest BCUT2D eigenvalue weighted by Crippen LogP contribution is -2.36. The van der Waals surface area contributed by atoms with Crippen molar-refractivity contribution >= 4 is 5.91 Å². The summed E-state index contributed by atoms with van der Waals surface area (Å²) < 4.78 is 12.4. The number of aliphatic hydroxyl groups excluding tert-OH is 1. The summed E-state index contributed by atoms with van der Waals surface area (Å²) in [6, 6.07) is 5.43. The maximum atomic E-state index is 13.0. The van der Waals surface area contributed by atoms with Crippen LogP contribution in [0.2, 0.25) is 0 Å². The predicted molar refractivity (Wildman–Crippen MR) is 101 cm³/mol. The van der Waals surface area contributed by atoms with Crippen LogP contribution in [0.25, 0.3) is 0 Å². The molecule has 1 saturated heterocycles. The van der Waals surface area contributed by atoms with Gasteiger partial charge in [0, 0.05) is 18.7 Å². The van der Waals surface area contributed by atoms with Crippen LogP contribution in [0, 0.1) is 11.8 Å². The Hall–Kier alpha value is -2.61. The number of rotatable bonds is 5. The van der Waals surface area contributed by atoms with Crippen LogP contribution >= 0.6 is 0 Å². The van der Waals surface area contributed by atoms with Crippen LogP contribution in [-0.2, 0) is 11.2 Å². The molecule has 1 aliphatic heterocycles. The van der Waals surface area contributed by atoms with Gasteiger partial charge in [0.15, 0.2) is 0 Å². The van der Waals surface area contributed by atoms with Crippen molar-refractivity contribution in [1.82, 2.24) is 19.7 Å². The first-order chi connectivity index (χ1) is 13.6. The van der Waals surface area contributed by atoms with Crippen molar-refractivity contribution in [1.29, 1.82) is 0 Å². The van der Waals surface area contributed by atoms with E-state index in [1.807, 2.05) is 23.1 Å². The number of ether oxygens (including phenoxy) is 2. The Bertz CT molecular complexity index is 826. The zero-order valence-corrected chi connectivity index (χ0v) is 16.2. The van der Waals surface area contributed by atoms with E-state index in [4.69, 9.17) is 9.47 Å². The normalized spacial score (nSPS) is 26.8. The molecule has 0 unspecified atom stereocenters. The van der Waals surface area contributed by atoms with Gasteiger partial charge in [-0.05, 0) is 42.9 Å². The van der Waals surface area contributed by atoms with Gasteiger partial charge in [-0.3, -0.25) is 4.79 Å². The Labute approximate surface area is 164 Å². The molecule has 2 aromatic rings. The van der Waals surface area contributed by atoms with E-state index in [1.165, 1.54) is 6.33 Å². The molecule has 1 saturated carbocycles. The second-order valence-corrected chi connectivity index (χ2v) is 7.66. The van der Waals surface area contributed by atoms with Gasteiger partial charge in [0.25, 0.3) is 0 Å². The summed E-state index contributed by atoms with van der Waals surface area (Å²) in [4.78, 5) is 18.9. The third-order valence-electron chi connectivity index (χ3n) is 6.07. The van der Waals surface area contributed by atoms with Gasteiger partial charge in [0.1, 0.15) is 24.2 Å². The largest absolute Gasteiger partial charge is 0.497 e. The van der Waals surface area contributed by atoms with E-state index in [9.17, 15) is 9.90 Å². The molecule has 4 rings (SSSR count). The summed E-state index contributed by atoms with van der Waals surface area (Å²) in [7, 11) is 3.21. The zero-order valence-electron chi connectivity index (χ0n) is 16.2. The number of benzene rings is 1. The molecule has 8 heteroatoms. The van der Waals surface area contributed by atoms with Gasteiger partial charge in [-0.25, -0.2) is 9.67 Å². The molecule has 1 aromatic heterocycles. The van der Waals surface area contributed by atoms with Crippen LogP contribution < -0.4 is 9.47 Å². The lowest BCUT2D eigenvalue weighted by molar-refractivity contribution is -0.129. The quantitative estimate of drug-likeness (QED) is 0.833. The van der Waals surface area contributed by atoms with Crippen molar-refractivity contribution < 1.29 is 19.4 Å². The highest BCUT2D eigenvalue weighted by Crippen LogP contribution is 2.41. The van der Waals surface area contributed by atoms with Crippen molar-refractivity contribution in [2.24, 2.45) is 11.8 Å². The van der Waals surface area contributed by atoms with Gasteiger partial charge in [0.05, 0.1) is 32.8 Å². The summed E-state index contributed by atoms with van der Waals surface area (Å²) in [5.41, 5.74) is 0.822. The Balaban J connectivity index is 1.44. The monoisotopic (exact) mass is 386 g/mol. The number of fused-ring (bicyclic) bond motifs is 1. The highest BCUT2D eigenvalue weighted by molar-refractivity contribution is 5.80. The molecule has 2 fully saturated rings. The smallest absolute Gasteiger partial charge is 0.227 e. The number of aliphatic hydroxyl groups is 1.